The van der Waals surface area contributed by atoms with Gasteiger partial charge in [-0.2, -0.15) is 5.10 Å². The largest absolute Gasteiger partial charge is 0.399 e. The maximum absolute atomic E-state index is 5.60. The number of benzene rings is 1. The normalized spacial score (nSPS) is 13.8. The van der Waals surface area contributed by atoms with Crippen molar-refractivity contribution in [1.29, 1.82) is 0 Å². The number of hydrogen-bond acceptors (Lipinski definition) is 4. The SMILES string of the molecule is Nc1ccc2c(c1)SNN=C2. The van der Waals surface area contributed by atoms with Crippen LogP contribution in [0.25, 0.3) is 0 Å². The first-order chi connectivity index (χ1) is 5.36. The van der Waals surface area contributed by atoms with Crippen LogP contribution in [0, 0.1) is 0 Å². The second-order valence-corrected chi connectivity index (χ2v) is 3.08. The maximum atomic E-state index is 5.60. The predicted octanol–water partition coefficient (Wildman–Crippen LogP) is 1.21. The molecule has 0 saturated heterocycles. The fourth-order valence-electron chi connectivity index (χ4n) is 0.917. The lowest BCUT2D eigenvalue weighted by Crippen LogP contribution is -2.02. The lowest BCUT2D eigenvalue weighted by Gasteiger charge is -2.09. The molecule has 56 valence electrons. The molecular weight excluding hydrogens is 158 g/mol. The fraction of sp³-hybridized carbons (Fsp3) is 0. The molecule has 3 nitrogen and oxygen atoms in total. The molecule has 0 spiro atoms. The lowest BCUT2D eigenvalue weighted by atomic mass is 10.2. The Bertz CT molecular complexity index is 309. The number of anilines is 1. The summed E-state index contributed by atoms with van der Waals surface area (Å²) in [5.41, 5.74) is 7.50. The van der Waals surface area contributed by atoms with Crippen LogP contribution in [0.3, 0.4) is 0 Å². The first-order valence-electron chi connectivity index (χ1n) is 3.21. The molecule has 1 aromatic rings. The first-order valence-corrected chi connectivity index (χ1v) is 4.02. The Kier molecular flexibility index (Phi) is 1.47. The molecule has 0 saturated carbocycles. The third-order valence-electron chi connectivity index (χ3n) is 1.45. The van der Waals surface area contributed by atoms with Gasteiger partial charge in [0.15, 0.2) is 0 Å². The fourth-order valence-corrected chi connectivity index (χ4v) is 1.55. The summed E-state index contributed by atoms with van der Waals surface area (Å²) in [7, 11) is 0. The summed E-state index contributed by atoms with van der Waals surface area (Å²) in [6.07, 6.45) is 1.78. The van der Waals surface area contributed by atoms with Crippen LogP contribution in [0.2, 0.25) is 0 Å². The molecule has 11 heavy (non-hydrogen) atoms. The van der Waals surface area contributed by atoms with Gasteiger partial charge in [-0.15, -0.1) is 0 Å². The summed E-state index contributed by atoms with van der Waals surface area (Å²) in [6.45, 7) is 0. The Morgan fingerprint density at radius 1 is 1.45 bits per heavy atom. The molecule has 1 aliphatic heterocycles. The van der Waals surface area contributed by atoms with E-state index in [4.69, 9.17) is 5.73 Å². The highest BCUT2D eigenvalue weighted by molar-refractivity contribution is 7.97. The van der Waals surface area contributed by atoms with E-state index in [-0.39, 0.29) is 0 Å². The summed E-state index contributed by atoms with van der Waals surface area (Å²) in [6, 6.07) is 5.76. The van der Waals surface area contributed by atoms with Crippen LogP contribution in [-0.2, 0) is 0 Å². The average molecular weight is 165 g/mol. The topological polar surface area (TPSA) is 50.4 Å². The summed E-state index contributed by atoms with van der Waals surface area (Å²) in [5.74, 6) is 0. The minimum atomic E-state index is 0.786. The van der Waals surface area contributed by atoms with Gasteiger partial charge in [0, 0.05) is 28.1 Å². The third kappa shape index (κ3) is 1.17. The molecule has 0 atom stereocenters. The summed E-state index contributed by atoms with van der Waals surface area (Å²) >= 11 is 1.47. The molecule has 0 radical (unpaired) electrons. The highest BCUT2D eigenvalue weighted by Crippen LogP contribution is 2.23. The smallest absolute Gasteiger partial charge is 0.0562 e. The van der Waals surface area contributed by atoms with E-state index in [9.17, 15) is 0 Å². The molecule has 0 fully saturated rings. The highest BCUT2D eigenvalue weighted by Gasteiger charge is 2.04. The zero-order valence-corrected chi connectivity index (χ0v) is 6.56. The van der Waals surface area contributed by atoms with Crippen LogP contribution in [0.4, 0.5) is 5.69 Å². The van der Waals surface area contributed by atoms with E-state index >= 15 is 0 Å². The van der Waals surface area contributed by atoms with E-state index in [1.165, 1.54) is 11.9 Å². The minimum absolute atomic E-state index is 0.786. The van der Waals surface area contributed by atoms with E-state index in [1.54, 1.807) is 6.21 Å². The van der Waals surface area contributed by atoms with E-state index in [0.717, 1.165) is 16.1 Å². The molecular formula is C7H7N3S. The molecule has 1 aromatic carbocycles. The van der Waals surface area contributed by atoms with Gasteiger partial charge in [0.1, 0.15) is 0 Å². The number of nitrogens with one attached hydrogen (secondary N) is 1. The number of nitrogen functional groups attached to an aromatic ring is 1. The Balaban J connectivity index is 2.53. The van der Waals surface area contributed by atoms with Crippen LogP contribution in [0.15, 0.2) is 28.2 Å². The molecule has 1 heterocycles. The monoisotopic (exact) mass is 165 g/mol. The van der Waals surface area contributed by atoms with Crippen LogP contribution in [-0.4, -0.2) is 6.21 Å². The van der Waals surface area contributed by atoms with Crippen molar-refractivity contribution in [2.45, 2.75) is 4.90 Å². The molecule has 2 rings (SSSR count). The number of nitrogens with zero attached hydrogens (tertiary/aromatic N) is 1. The van der Waals surface area contributed by atoms with Crippen molar-refractivity contribution < 1.29 is 0 Å². The van der Waals surface area contributed by atoms with E-state index in [0.29, 0.717) is 0 Å². The van der Waals surface area contributed by atoms with Crippen LogP contribution in [0.5, 0.6) is 0 Å². The van der Waals surface area contributed by atoms with Gasteiger partial charge in [0.05, 0.1) is 6.21 Å². The number of fused-ring (bicyclic) bond motifs is 1. The van der Waals surface area contributed by atoms with Gasteiger partial charge < -0.3 is 5.73 Å². The van der Waals surface area contributed by atoms with Crippen LogP contribution in [0.1, 0.15) is 5.56 Å². The van der Waals surface area contributed by atoms with Crippen molar-refractivity contribution in [2.75, 3.05) is 5.73 Å². The van der Waals surface area contributed by atoms with Crippen molar-refractivity contribution in [1.82, 2.24) is 4.83 Å². The minimum Gasteiger partial charge on any atom is -0.399 e. The molecule has 1 aliphatic rings. The zero-order chi connectivity index (χ0) is 7.68. The van der Waals surface area contributed by atoms with Crippen molar-refractivity contribution in [3.8, 4) is 0 Å². The van der Waals surface area contributed by atoms with E-state index < -0.39 is 0 Å². The van der Waals surface area contributed by atoms with E-state index in [2.05, 4.69) is 9.93 Å². The molecule has 0 aromatic heterocycles. The quantitative estimate of drug-likeness (QED) is 0.449. The standard InChI is InChI=1S/C7H7N3S/c8-6-2-1-5-4-9-10-11-7(5)3-6/h1-4,10H,8H2. The van der Waals surface area contributed by atoms with Crippen molar-refractivity contribution in [3.05, 3.63) is 23.8 Å². The van der Waals surface area contributed by atoms with Crippen LogP contribution < -0.4 is 10.6 Å². The van der Waals surface area contributed by atoms with Gasteiger partial charge in [-0.05, 0) is 12.1 Å². The van der Waals surface area contributed by atoms with Gasteiger partial charge in [-0.3, -0.25) is 0 Å². The number of hydrogen-bond donors (Lipinski definition) is 2. The Morgan fingerprint density at radius 2 is 2.36 bits per heavy atom. The van der Waals surface area contributed by atoms with Gasteiger partial charge in [-0.1, -0.05) is 6.07 Å². The van der Waals surface area contributed by atoms with Crippen molar-refractivity contribution >= 4 is 23.8 Å². The summed E-state index contributed by atoms with van der Waals surface area (Å²) in [4.78, 5) is 3.92. The second-order valence-electron chi connectivity index (χ2n) is 2.25. The van der Waals surface area contributed by atoms with Crippen molar-refractivity contribution in [2.24, 2.45) is 5.10 Å². The van der Waals surface area contributed by atoms with Crippen molar-refractivity contribution in [3.63, 3.8) is 0 Å². The van der Waals surface area contributed by atoms with Gasteiger partial charge in [0.25, 0.3) is 0 Å². The lowest BCUT2D eigenvalue weighted by molar-refractivity contribution is 1.10. The number of rotatable bonds is 0. The molecule has 0 amide bonds. The molecule has 4 heteroatoms. The summed E-state index contributed by atoms with van der Waals surface area (Å²) < 4.78 is 0. The van der Waals surface area contributed by atoms with Gasteiger partial charge in [0.2, 0.25) is 0 Å². The molecule has 3 N–H and O–H groups in total. The number of nitrogens with two attached hydrogens (primary N) is 1. The predicted molar refractivity (Wildman–Crippen MR) is 47.4 cm³/mol. The van der Waals surface area contributed by atoms with E-state index in [1.807, 2.05) is 18.2 Å². The zero-order valence-electron chi connectivity index (χ0n) is 5.74. The first kappa shape index (κ1) is 6.54. The second kappa shape index (κ2) is 2.47. The molecule has 0 unspecified atom stereocenters. The Labute approximate surface area is 68.8 Å². The van der Waals surface area contributed by atoms with Crippen LogP contribution >= 0.6 is 11.9 Å². The highest BCUT2D eigenvalue weighted by atomic mass is 32.2. The number of hydrazone groups is 1. The Hall–Kier alpha value is -1.16. The Morgan fingerprint density at radius 3 is 3.27 bits per heavy atom. The average Bonchev–Trinajstić information content (AvgIpc) is 2.04. The van der Waals surface area contributed by atoms with Gasteiger partial charge in [-0.25, -0.2) is 4.83 Å². The summed E-state index contributed by atoms with van der Waals surface area (Å²) in [5, 5.41) is 3.90. The third-order valence-corrected chi connectivity index (χ3v) is 2.22. The van der Waals surface area contributed by atoms with Gasteiger partial charge >= 0.3 is 0 Å². The molecule has 0 aliphatic carbocycles. The molecule has 0 bridgehead atoms. The maximum Gasteiger partial charge on any atom is 0.0562 e.